The van der Waals surface area contributed by atoms with E-state index in [0.29, 0.717) is 23.3 Å². The van der Waals surface area contributed by atoms with Crippen LogP contribution in [-0.2, 0) is 9.53 Å². The second kappa shape index (κ2) is 6.12. The third-order valence-electron chi connectivity index (χ3n) is 2.91. The molecule has 0 bridgehead atoms. The molecule has 0 saturated carbocycles. The van der Waals surface area contributed by atoms with Crippen molar-refractivity contribution in [2.75, 3.05) is 26.8 Å². The van der Waals surface area contributed by atoms with Gasteiger partial charge in [0.25, 0.3) is 5.91 Å². The van der Waals surface area contributed by atoms with Gasteiger partial charge >= 0.3 is 0 Å². The lowest BCUT2D eigenvalue weighted by molar-refractivity contribution is -0.130. The maximum absolute atomic E-state index is 12.4. The van der Waals surface area contributed by atoms with E-state index in [1.807, 2.05) is 0 Å². The van der Waals surface area contributed by atoms with Crippen LogP contribution in [0.5, 0.6) is 0 Å². The van der Waals surface area contributed by atoms with Gasteiger partial charge in [-0.25, -0.2) is 4.98 Å². The average Bonchev–Trinajstić information content (AvgIpc) is 2.46. The smallest absolute Gasteiger partial charge is 0.256 e. The van der Waals surface area contributed by atoms with Crippen LogP contribution in [0.4, 0.5) is 0 Å². The van der Waals surface area contributed by atoms with Crippen LogP contribution < -0.4 is 5.32 Å². The summed E-state index contributed by atoms with van der Waals surface area (Å²) in [6.07, 6.45) is 1.49. The molecule has 2 amide bonds. The lowest BCUT2D eigenvalue weighted by Crippen LogP contribution is -2.55. The number of likely N-dealkylation sites (N-methyl/N-ethyl adjacent to an activating group) is 1. The van der Waals surface area contributed by atoms with Crippen LogP contribution in [0.25, 0.3) is 0 Å². The van der Waals surface area contributed by atoms with Gasteiger partial charge in [0.1, 0.15) is 10.6 Å². The van der Waals surface area contributed by atoms with Crippen LogP contribution in [0.1, 0.15) is 10.4 Å². The summed E-state index contributed by atoms with van der Waals surface area (Å²) < 4.78 is 5.92. The molecule has 1 N–H and O–H groups in total. The van der Waals surface area contributed by atoms with Gasteiger partial charge in [0.15, 0.2) is 0 Å². The first-order valence-electron chi connectivity index (χ1n) is 5.85. The first-order valence-corrected chi connectivity index (χ1v) is 6.64. The molecule has 2 heterocycles. The van der Waals surface area contributed by atoms with Gasteiger partial charge in [-0.2, -0.15) is 0 Å². The zero-order valence-corrected chi connectivity index (χ0v) is 12.0. The van der Waals surface area contributed by atoms with Crippen molar-refractivity contribution in [2.24, 2.45) is 0 Å². The zero-order chi connectivity index (χ0) is 13.8. The Labute approximate surface area is 119 Å². The summed E-state index contributed by atoms with van der Waals surface area (Å²) in [6, 6.07) is 2.79. The Hall–Kier alpha value is -1.47. The summed E-state index contributed by atoms with van der Waals surface area (Å²) in [6.45, 7) is 1.05. The molecule has 1 saturated heterocycles. The number of halogens is 1. The molecule has 0 radical (unpaired) electrons. The minimum absolute atomic E-state index is 0.211. The Morgan fingerprint density at radius 1 is 1.53 bits per heavy atom. The third kappa shape index (κ3) is 3.10. The van der Waals surface area contributed by atoms with Crippen LogP contribution in [0.15, 0.2) is 22.9 Å². The molecule has 1 aliphatic rings. The number of morpholine rings is 1. The number of nitrogens with zero attached hydrogens (tertiary/aromatic N) is 2. The number of hydrogen-bond acceptors (Lipinski definition) is 4. The van der Waals surface area contributed by atoms with Crippen LogP contribution in [0.3, 0.4) is 0 Å². The summed E-state index contributed by atoms with van der Waals surface area (Å²) >= 11 is 3.22. The average molecular weight is 328 g/mol. The molecule has 102 valence electrons. The Kier molecular flexibility index (Phi) is 4.49. The van der Waals surface area contributed by atoms with Crippen LogP contribution in [0, 0.1) is 0 Å². The lowest BCUT2D eigenvalue weighted by atomic mass is 10.1. The molecule has 1 aromatic heterocycles. The third-order valence-corrected chi connectivity index (χ3v) is 3.38. The Morgan fingerprint density at radius 3 is 2.95 bits per heavy atom. The highest BCUT2D eigenvalue weighted by molar-refractivity contribution is 9.10. The van der Waals surface area contributed by atoms with Crippen molar-refractivity contribution >= 4 is 27.7 Å². The molecule has 1 fully saturated rings. The highest BCUT2D eigenvalue weighted by Crippen LogP contribution is 2.14. The number of aromatic nitrogens is 1. The van der Waals surface area contributed by atoms with Crippen molar-refractivity contribution in [3.63, 3.8) is 0 Å². The molecular weight excluding hydrogens is 314 g/mol. The number of nitrogens with one attached hydrogen (secondary N) is 1. The number of rotatable bonds is 2. The van der Waals surface area contributed by atoms with Gasteiger partial charge in [-0.1, -0.05) is 0 Å². The van der Waals surface area contributed by atoms with Gasteiger partial charge in [0, 0.05) is 19.8 Å². The molecule has 1 aromatic rings. The summed E-state index contributed by atoms with van der Waals surface area (Å²) in [5.74, 6) is -0.435. The topological polar surface area (TPSA) is 71.5 Å². The molecule has 0 spiro atoms. The van der Waals surface area contributed by atoms with E-state index in [1.165, 1.54) is 11.1 Å². The number of pyridine rings is 1. The predicted octanol–water partition coefficient (Wildman–Crippen LogP) is 0.431. The van der Waals surface area contributed by atoms with E-state index in [9.17, 15) is 9.59 Å². The molecule has 0 aliphatic carbocycles. The van der Waals surface area contributed by atoms with Crippen LogP contribution in [0.2, 0.25) is 0 Å². The second-order valence-electron chi connectivity index (χ2n) is 4.07. The molecular formula is C12H14BrN3O3. The van der Waals surface area contributed by atoms with Gasteiger partial charge in [-0.3, -0.25) is 9.59 Å². The van der Waals surface area contributed by atoms with E-state index in [0.717, 1.165) is 0 Å². The molecule has 2 rings (SSSR count). The van der Waals surface area contributed by atoms with Crippen molar-refractivity contribution in [2.45, 2.75) is 6.04 Å². The fourth-order valence-corrected chi connectivity index (χ4v) is 2.13. The van der Waals surface area contributed by atoms with Crippen molar-refractivity contribution in [1.82, 2.24) is 15.2 Å². The Balaban J connectivity index is 2.20. The lowest BCUT2D eigenvalue weighted by Gasteiger charge is -2.34. The molecule has 1 atom stereocenters. The number of hydrogen-bond donors (Lipinski definition) is 1. The Morgan fingerprint density at radius 2 is 2.32 bits per heavy atom. The number of carbonyl (C=O) groups is 2. The van der Waals surface area contributed by atoms with E-state index in [-0.39, 0.29) is 18.4 Å². The summed E-state index contributed by atoms with van der Waals surface area (Å²) in [5, 5.41) is 2.54. The summed E-state index contributed by atoms with van der Waals surface area (Å²) in [7, 11) is 1.54. The molecule has 1 aliphatic heterocycles. The summed E-state index contributed by atoms with van der Waals surface area (Å²) in [5.41, 5.74) is 0.457. The van der Waals surface area contributed by atoms with Gasteiger partial charge in [0.05, 0.1) is 18.8 Å². The quantitative estimate of drug-likeness (QED) is 0.800. The largest absolute Gasteiger partial charge is 0.377 e. The minimum atomic E-state index is -0.588. The zero-order valence-electron chi connectivity index (χ0n) is 10.4. The monoisotopic (exact) mass is 327 g/mol. The first-order chi connectivity index (χ1) is 9.13. The highest BCUT2D eigenvalue weighted by Gasteiger charge is 2.32. The fraction of sp³-hybridized carbons (Fsp3) is 0.417. The van der Waals surface area contributed by atoms with Crippen LogP contribution in [-0.4, -0.2) is 54.5 Å². The van der Waals surface area contributed by atoms with E-state index in [2.05, 4.69) is 26.2 Å². The van der Waals surface area contributed by atoms with Crippen molar-refractivity contribution < 1.29 is 14.3 Å². The maximum atomic E-state index is 12.4. The molecule has 7 heteroatoms. The van der Waals surface area contributed by atoms with Gasteiger partial charge in [0.2, 0.25) is 5.91 Å². The summed E-state index contributed by atoms with van der Waals surface area (Å²) in [4.78, 5) is 29.7. The normalized spacial score (nSPS) is 19.1. The van der Waals surface area contributed by atoms with Crippen LogP contribution >= 0.6 is 15.9 Å². The molecule has 1 unspecified atom stereocenters. The fourth-order valence-electron chi connectivity index (χ4n) is 1.90. The van der Waals surface area contributed by atoms with Gasteiger partial charge < -0.3 is 15.0 Å². The van der Waals surface area contributed by atoms with Gasteiger partial charge in [-0.05, 0) is 28.1 Å². The van der Waals surface area contributed by atoms with Crippen molar-refractivity contribution in [3.8, 4) is 0 Å². The van der Waals surface area contributed by atoms with Crippen molar-refractivity contribution in [3.05, 3.63) is 28.5 Å². The van der Waals surface area contributed by atoms with E-state index in [4.69, 9.17) is 4.74 Å². The molecule has 19 heavy (non-hydrogen) atoms. The first kappa shape index (κ1) is 14.0. The van der Waals surface area contributed by atoms with E-state index >= 15 is 0 Å². The highest BCUT2D eigenvalue weighted by atomic mass is 79.9. The van der Waals surface area contributed by atoms with Gasteiger partial charge in [-0.15, -0.1) is 0 Å². The Bertz CT molecular complexity index is 478. The number of ether oxygens (including phenoxy) is 1. The van der Waals surface area contributed by atoms with E-state index in [1.54, 1.807) is 19.2 Å². The minimum Gasteiger partial charge on any atom is -0.377 e. The second-order valence-corrected chi connectivity index (χ2v) is 4.89. The van der Waals surface area contributed by atoms with E-state index < -0.39 is 6.04 Å². The molecule has 0 aromatic carbocycles. The van der Waals surface area contributed by atoms with Crippen molar-refractivity contribution in [1.29, 1.82) is 0 Å². The number of carbonyl (C=O) groups excluding carboxylic acids is 2. The maximum Gasteiger partial charge on any atom is 0.256 e. The number of amides is 2. The SMILES string of the molecule is CNC(=O)C1COCCN1C(=O)c1ccc(Br)nc1. The predicted molar refractivity (Wildman–Crippen MR) is 71.6 cm³/mol. The molecule has 6 nitrogen and oxygen atoms in total. The standard InChI is InChI=1S/C12H14BrN3O3/c1-14-11(17)9-7-19-5-4-16(9)12(18)8-2-3-10(13)15-6-8/h2-3,6,9H,4-5,7H2,1H3,(H,14,17).